The Kier molecular flexibility index (Phi) is 5.16. The maximum Gasteiger partial charge on any atom is 0.337 e. The molecule has 1 heterocycles. The summed E-state index contributed by atoms with van der Waals surface area (Å²) in [6, 6.07) is 9.72. The second-order valence-corrected chi connectivity index (χ2v) is 8.79. The van der Waals surface area contributed by atoms with Crippen LogP contribution in [0.4, 0.5) is 11.4 Å². The van der Waals surface area contributed by atoms with Gasteiger partial charge in [0.15, 0.2) is 0 Å². The number of rotatable bonds is 4. The first-order chi connectivity index (χ1) is 13.1. The van der Waals surface area contributed by atoms with Gasteiger partial charge in [-0.2, -0.15) is 0 Å². The molecule has 148 valence electrons. The third-order valence-corrected chi connectivity index (χ3v) is 6.03. The predicted molar refractivity (Wildman–Crippen MR) is 107 cm³/mol. The fraction of sp³-hybridized carbons (Fsp3) is 0.300. The summed E-state index contributed by atoms with van der Waals surface area (Å²) >= 11 is 0. The van der Waals surface area contributed by atoms with E-state index >= 15 is 0 Å². The molecule has 0 radical (unpaired) electrons. The quantitative estimate of drug-likeness (QED) is 0.794. The summed E-state index contributed by atoms with van der Waals surface area (Å²) in [6.07, 6.45) is 1.72. The van der Waals surface area contributed by atoms with Gasteiger partial charge in [0.05, 0.1) is 24.6 Å². The molecule has 0 unspecified atom stereocenters. The van der Waals surface area contributed by atoms with Gasteiger partial charge in [-0.25, -0.2) is 13.2 Å². The summed E-state index contributed by atoms with van der Waals surface area (Å²) < 4.78 is 30.1. The molecule has 1 aliphatic heterocycles. The molecular formula is C20H22N2O5S. The number of benzene rings is 2. The van der Waals surface area contributed by atoms with Gasteiger partial charge in [-0.3, -0.25) is 9.10 Å². The normalized spacial score (nSPS) is 15.9. The molecule has 2 aromatic carbocycles. The molecule has 2 aromatic rings. The van der Waals surface area contributed by atoms with Crippen molar-refractivity contribution in [2.45, 2.75) is 26.3 Å². The lowest BCUT2D eigenvalue weighted by atomic mass is 10.1. The fourth-order valence-electron chi connectivity index (χ4n) is 3.45. The van der Waals surface area contributed by atoms with Crippen LogP contribution in [0.3, 0.4) is 0 Å². The number of esters is 1. The Hall–Kier alpha value is -2.87. The first-order valence-corrected chi connectivity index (χ1v) is 10.6. The molecule has 7 nitrogen and oxygen atoms in total. The van der Waals surface area contributed by atoms with Gasteiger partial charge in [-0.15, -0.1) is 0 Å². The maximum atomic E-state index is 12.7. The third-order valence-electron chi connectivity index (χ3n) is 4.76. The number of amides is 1. The maximum absolute atomic E-state index is 12.7. The first-order valence-electron chi connectivity index (χ1n) is 8.74. The van der Waals surface area contributed by atoms with Gasteiger partial charge in [-0.1, -0.05) is 6.07 Å². The van der Waals surface area contributed by atoms with E-state index in [1.165, 1.54) is 17.7 Å². The van der Waals surface area contributed by atoms with E-state index in [1.807, 2.05) is 13.8 Å². The Labute approximate surface area is 164 Å². The number of nitrogens with one attached hydrogen (secondary N) is 1. The zero-order valence-corrected chi connectivity index (χ0v) is 17.0. The van der Waals surface area contributed by atoms with Crippen LogP contribution in [-0.4, -0.2) is 39.7 Å². The minimum atomic E-state index is -3.38. The van der Waals surface area contributed by atoms with Crippen LogP contribution in [0.1, 0.15) is 38.8 Å². The van der Waals surface area contributed by atoms with Gasteiger partial charge < -0.3 is 10.1 Å². The van der Waals surface area contributed by atoms with Crippen LogP contribution in [0.5, 0.6) is 0 Å². The van der Waals surface area contributed by atoms with Gasteiger partial charge in [0.1, 0.15) is 0 Å². The average molecular weight is 402 g/mol. The molecule has 0 saturated heterocycles. The van der Waals surface area contributed by atoms with Crippen molar-refractivity contribution in [3.05, 3.63) is 58.7 Å². The number of nitrogens with zero attached hydrogens (tertiary/aromatic N) is 1. The van der Waals surface area contributed by atoms with Crippen molar-refractivity contribution in [3.63, 3.8) is 0 Å². The van der Waals surface area contributed by atoms with Crippen LogP contribution < -0.4 is 9.62 Å². The Morgan fingerprint density at radius 2 is 1.82 bits per heavy atom. The summed E-state index contributed by atoms with van der Waals surface area (Å²) in [5, 5.41) is 2.81. The summed E-state index contributed by atoms with van der Waals surface area (Å²) in [5.41, 5.74) is 3.50. The molecule has 1 N–H and O–H groups in total. The van der Waals surface area contributed by atoms with Gasteiger partial charge in [0, 0.05) is 17.3 Å². The third kappa shape index (κ3) is 3.73. The van der Waals surface area contributed by atoms with E-state index in [0.29, 0.717) is 28.9 Å². The monoisotopic (exact) mass is 402 g/mol. The number of sulfonamides is 1. The minimum absolute atomic E-state index is 0.192. The highest BCUT2D eigenvalue weighted by Crippen LogP contribution is 2.34. The molecule has 0 bridgehead atoms. The molecule has 8 heteroatoms. The molecule has 0 spiro atoms. The van der Waals surface area contributed by atoms with E-state index < -0.39 is 16.0 Å². The number of fused-ring (bicyclic) bond motifs is 1. The topological polar surface area (TPSA) is 92.8 Å². The Morgan fingerprint density at radius 3 is 2.46 bits per heavy atom. The second-order valence-electron chi connectivity index (χ2n) is 6.93. The zero-order chi connectivity index (χ0) is 20.6. The number of hydrogen-bond acceptors (Lipinski definition) is 5. The molecule has 3 rings (SSSR count). The van der Waals surface area contributed by atoms with Crippen molar-refractivity contribution in [2.75, 3.05) is 23.0 Å². The van der Waals surface area contributed by atoms with E-state index in [0.717, 1.165) is 11.1 Å². The van der Waals surface area contributed by atoms with E-state index in [9.17, 15) is 18.0 Å². The highest BCUT2D eigenvalue weighted by molar-refractivity contribution is 7.92. The molecule has 0 aromatic heterocycles. The van der Waals surface area contributed by atoms with Crippen LogP contribution in [0, 0.1) is 6.92 Å². The van der Waals surface area contributed by atoms with Gasteiger partial charge in [-0.05, 0) is 61.7 Å². The number of ether oxygens (including phenoxy) is 1. The van der Waals surface area contributed by atoms with Crippen molar-refractivity contribution in [1.82, 2.24) is 0 Å². The number of carbonyl (C=O) groups excluding carboxylic acids is 2. The summed E-state index contributed by atoms with van der Waals surface area (Å²) in [4.78, 5) is 24.4. The lowest BCUT2D eigenvalue weighted by Crippen LogP contribution is -2.34. The van der Waals surface area contributed by atoms with Crippen LogP contribution in [-0.2, 0) is 21.2 Å². The first kappa shape index (κ1) is 19.9. The largest absolute Gasteiger partial charge is 0.465 e. The SMILES string of the molecule is COC(=O)c1ccc(C)c(NC(=O)c2ccc3c(c2)C[C@H](C)N3S(C)(=O)=O)c1. The predicted octanol–water partition coefficient (Wildman–Crippen LogP) is 2.74. The lowest BCUT2D eigenvalue weighted by molar-refractivity contribution is 0.0600. The molecule has 0 fully saturated rings. The van der Waals surface area contributed by atoms with Gasteiger partial charge in [0.2, 0.25) is 10.0 Å². The molecule has 28 heavy (non-hydrogen) atoms. The van der Waals surface area contributed by atoms with E-state index in [4.69, 9.17) is 4.74 Å². The number of methoxy groups -OCH3 is 1. The molecule has 0 aliphatic carbocycles. The van der Waals surface area contributed by atoms with Gasteiger partial charge >= 0.3 is 5.97 Å². The van der Waals surface area contributed by atoms with Crippen LogP contribution in [0.15, 0.2) is 36.4 Å². The minimum Gasteiger partial charge on any atom is -0.465 e. The summed E-state index contributed by atoms with van der Waals surface area (Å²) in [6.45, 7) is 3.66. The molecular weight excluding hydrogens is 380 g/mol. The summed E-state index contributed by atoms with van der Waals surface area (Å²) in [7, 11) is -2.08. The van der Waals surface area contributed by atoms with Crippen molar-refractivity contribution in [2.24, 2.45) is 0 Å². The van der Waals surface area contributed by atoms with Crippen LogP contribution >= 0.6 is 0 Å². The number of hydrogen-bond donors (Lipinski definition) is 1. The molecule has 0 saturated carbocycles. The smallest absolute Gasteiger partial charge is 0.337 e. The van der Waals surface area contributed by atoms with Crippen molar-refractivity contribution >= 4 is 33.3 Å². The standard InChI is InChI=1S/C20H22N2O5S/c1-12-5-6-15(20(24)27-3)11-17(12)21-19(23)14-7-8-18-16(10-14)9-13(2)22(18)28(4,25)26/h5-8,10-11,13H,9H2,1-4H3,(H,21,23)/t13-/m0/s1. The fourth-order valence-corrected chi connectivity index (χ4v) is 4.71. The molecule has 1 amide bonds. The van der Waals surface area contributed by atoms with E-state index in [1.54, 1.807) is 36.4 Å². The van der Waals surface area contributed by atoms with Crippen molar-refractivity contribution < 1.29 is 22.7 Å². The Morgan fingerprint density at radius 1 is 1.14 bits per heavy atom. The Balaban J connectivity index is 1.88. The highest BCUT2D eigenvalue weighted by atomic mass is 32.2. The Bertz CT molecular complexity index is 1060. The number of carbonyl (C=O) groups is 2. The lowest BCUT2D eigenvalue weighted by Gasteiger charge is -2.21. The van der Waals surface area contributed by atoms with E-state index in [-0.39, 0.29) is 11.9 Å². The van der Waals surface area contributed by atoms with Crippen LogP contribution in [0.25, 0.3) is 0 Å². The van der Waals surface area contributed by atoms with Crippen molar-refractivity contribution in [3.8, 4) is 0 Å². The van der Waals surface area contributed by atoms with E-state index in [2.05, 4.69) is 5.32 Å². The average Bonchev–Trinajstić information content (AvgIpc) is 2.97. The zero-order valence-electron chi connectivity index (χ0n) is 16.1. The highest BCUT2D eigenvalue weighted by Gasteiger charge is 2.32. The van der Waals surface area contributed by atoms with Crippen LogP contribution in [0.2, 0.25) is 0 Å². The molecule has 1 atom stereocenters. The second kappa shape index (κ2) is 7.27. The van der Waals surface area contributed by atoms with Crippen molar-refractivity contribution in [1.29, 1.82) is 0 Å². The summed E-state index contributed by atoms with van der Waals surface area (Å²) in [5.74, 6) is -0.818. The number of aryl methyl sites for hydroxylation is 1. The van der Waals surface area contributed by atoms with Gasteiger partial charge in [0.25, 0.3) is 5.91 Å². The molecule has 1 aliphatic rings. The number of anilines is 2.